The van der Waals surface area contributed by atoms with Crippen LogP contribution in [0.4, 0.5) is 5.69 Å². The van der Waals surface area contributed by atoms with Gasteiger partial charge in [0.05, 0.1) is 12.8 Å². The predicted molar refractivity (Wildman–Crippen MR) is 95.2 cm³/mol. The van der Waals surface area contributed by atoms with E-state index in [0.29, 0.717) is 45.4 Å². The molecule has 2 aliphatic rings. The molecule has 6 nitrogen and oxygen atoms in total. The van der Waals surface area contributed by atoms with E-state index in [2.05, 4.69) is 12.2 Å². The number of rotatable bonds is 5. The maximum Gasteiger partial charge on any atom is 0.228 e. The van der Waals surface area contributed by atoms with Crippen molar-refractivity contribution < 1.29 is 14.4 Å². The maximum atomic E-state index is 12.5. The Balaban J connectivity index is 1.51. The van der Waals surface area contributed by atoms with Crippen LogP contribution in [-0.2, 0) is 27.2 Å². The van der Waals surface area contributed by atoms with Gasteiger partial charge in [0, 0.05) is 38.3 Å². The lowest BCUT2D eigenvalue weighted by Crippen LogP contribution is -2.50. The van der Waals surface area contributed by atoms with Crippen molar-refractivity contribution in [3.8, 4) is 0 Å². The van der Waals surface area contributed by atoms with E-state index in [4.69, 9.17) is 0 Å². The number of carbonyl (C=O) groups is 3. The number of anilines is 1. The molecule has 0 saturated carbocycles. The van der Waals surface area contributed by atoms with E-state index >= 15 is 0 Å². The predicted octanol–water partition coefficient (Wildman–Crippen LogP) is 1.58. The molecule has 134 valence electrons. The van der Waals surface area contributed by atoms with Gasteiger partial charge < -0.3 is 15.1 Å². The first-order valence-electron chi connectivity index (χ1n) is 9.04. The standard InChI is InChI=1S/C19H25N3O3/c1-2-3-4-18(24)21-7-9-22(10-8-21)19(25)12-14-5-6-16-15(11-14)13-17(23)20-16/h5-6,11H,2-4,7-10,12-13H2,1H3,(H,20,23). The fourth-order valence-electron chi connectivity index (χ4n) is 3.37. The normalized spacial score (nSPS) is 16.6. The summed E-state index contributed by atoms with van der Waals surface area (Å²) in [7, 11) is 0. The van der Waals surface area contributed by atoms with E-state index in [9.17, 15) is 14.4 Å². The Bertz CT molecular complexity index is 678. The topological polar surface area (TPSA) is 69.7 Å². The molecule has 0 aliphatic carbocycles. The van der Waals surface area contributed by atoms with Crippen LogP contribution in [-0.4, -0.2) is 53.7 Å². The van der Waals surface area contributed by atoms with Crippen molar-refractivity contribution in [1.82, 2.24) is 9.80 Å². The molecule has 1 aromatic carbocycles. The molecule has 1 fully saturated rings. The lowest BCUT2D eigenvalue weighted by atomic mass is 10.1. The summed E-state index contributed by atoms with van der Waals surface area (Å²) in [5.41, 5.74) is 2.74. The van der Waals surface area contributed by atoms with Crippen molar-refractivity contribution in [2.24, 2.45) is 0 Å². The monoisotopic (exact) mass is 343 g/mol. The van der Waals surface area contributed by atoms with Gasteiger partial charge >= 0.3 is 0 Å². The first-order chi connectivity index (χ1) is 12.1. The third-order valence-electron chi connectivity index (χ3n) is 4.88. The molecule has 2 heterocycles. The van der Waals surface area contributed by atoms with Gasteiger partial charge in [-0.25, -0.2) is 0 Å². The molecular weight excluding hydrogens is 318 g/mol. The molecule has 25 heavy (non-hydrogen) atoms. The van der Waals surface area contributed by atoms with E-state index < -0.39 is 0 Å². The van der Waals surface area contributed by atoms with Crippen LogP contribution in [0, 0.1) is 0 Å². The number of nitrogens with zero attached hydrogens (tertiary/aromatic N) is 2. The Labute approximate surface area is 148 Å². The number of hydrogen-bond donors (Lipinski definition) is 1. The number of hydrogen-bond acceptors (Lipinski definition) is 3. The summed E-state index contributed by atoms with van der Waals surface area (Å²) in [5, 5.41) is 2.80. The van der Waals surface area contributed by atoms with Crippen molar-refractivity contribution in [2.45, 2.75) is 39.0 Å². The summed E-state index contributed by atoms with van der Waals surface area (Å²) in [5.74, 6) is 0.282. The Morgan fingerprint density at radius 1 is 1.08 bits per heavy atom. The van der Waals surface area contributed by atoms with Crippen molar-refractivity contribution >= 4 is 23.4 Å². The minimum absolute atomic E-state index is 0.00217. The Morgan fingerprint density at radius 2 is 1.76 bits per heavy atom. The maximum absolute atomic E-state index is 12.5. The van der Waals surface area contributed by atoms with E-state index in [1.165, 1.54) is 0 Å². The second-order valence-corrected chi connectivity index (χ2v) is 6.76. The van der Waals surface area contributed by atoms with Gasteiger partial charge in [0.1, 0.15) is 0 Å². The minimum Gasteiger partial charge on any atom is -0.339 e. The second-order valence-electron chi connectivity index (χ2n) is 6.76. The van der Waals surface area contributed by atoms with Crippen LogP contribution in [0.15, 0.2) is 18.2 Å². The van der Waals surface area contributed by atoms with Crippen LogP contribution >= 0.6 is 0 Å². The zero-order chi connectivity index (χ0) is 17.8. The summed E-state index contributed by atoms with van der Waals surface area (Å²) in [6, 6.07) is 5.70. The highest BCUT2D eigenvalue weighted by atomic mass is 16.2. The summed E-state index contributed by atoms with van der Waals surface area (Å²) in [4.78, 5) is 39.7. The fourth-order valence-corrected chi connectivity index (χ4v) is 3.37. The quantitative estimate of drug-likeness (QED) is 0.882. The summed E-state index contributed by atoms with van der Waals surface area (Å²) >= 11 is 0. The first-order valence-corrected chi connectivity index (χ1v) is 9.04. The van der Waals surface area contributed by atoms with Crippen LogP contribution < -0.4 is 5.32 Å². The molecule has 1 aromatic rings. The van der Waals surface area contributed by atoms with Gasteiger partial charge in [-0.05, 0) is 23.6 Å². The lowest BCUT2D eigenvalue weighted by molar-refractivity contribution is -0.139. The molecule has 0 bridgehead atoms. The molecule has 2 aliphatic heterocycles. The molecule has 1 N–H and O–H groups in total. The minimum atomic E-state index is 0.00217. The molecule has 0 radical (unpaired) electrons. The van der Waals surface area contributed by atoms with Crippen LogP contribution in [0.5, 0.6) is 0 Å². The number of nitrogens with one attached hydrogen (secondary N) is 1. The molecule has 3 rings (SSSR count). The van der Waals surface area contributed by atoms with Gasteiger partial charge in [0.15, 0.2) is 0 Å². The summed E-state index contributed by atoms with van der Waals surface area (Å²) in [6.45, 7) is 4.52. The molecule has 0 atom stereocenters. The number of amides is 3. The summed E-state index contributed by atoms with van der Waals surface area (Å²) < 4.78 is 0. The number of piperazine rings is 1. The molecule has 1 saturated heterocycles. The van der Waals surface area contributed by atoms with Gasteiger partial charge in [-0.15, -0.1) is 0 Å². The smallest absolute Gasteiger partial charge is 0.228 e. The SMILES string of the molecule is CCCCC(=O)N1CCN(C(=O)Cc2ccc3c(c2)CC(=O)N3)CC1. The Kier molecular flexibility index (Phi) is 5.36. The highest BCUT2D eigenvalue weighted by Crippen LogP contribution is 2.24. The number of benzene rings is 1. The summed E-state index contributed by atoms with van der Waals surface area (Å²) in [6.07, 6.45) is 3.27. The molecule has 0 aromatic heterocycles. The zero-order valence-corrected chi connectivity index (χ0v) is 14.7. The molecule has 3 amide bonds. The average molecular weight is 343 g/mol. The lowest BCUT2D eigenvalue weighted by Gasteiger charge is -2.35. The van der Waals surface area contributed by atoms with Gasteiger partial charge in [-0.2, -0.15) is 0 Å². The molecule has 0 unspecified atom stereocenters. The Morgan fingerprint density at radius 3 is 2.44 bits per heavy atom. The largest absolute Gasteiger partial charge is 0.339 e. The van der Waals surface area contributed by atoms with Crippen LogP contribution in [0.25, 0.3) is 0 Å². The number of fused-ring (bicyclic) bond motifs is 1. The molecule has 0 spiro atoms. The van der Waals surface area contributed by atoms with Crippen molar-refractivity contribution in [3.05, 3.63) is 29.3 Å². The third kappa shape index (κ3) is 4.18. The highest BCUT2D eigenvalue weighted by Gasteiger charge is 2.24. The second kappa shape index (κ2) is 7.68. The van der Waals surface area contributed by atoms with Gasteiger partial charge in [-0.1, -0.05) is 25.5 Å². The van der Waals surface area contributed by atoms with E-state index in [0.717, 1.165) is 29.7 Å². The van der Waals surface area contributed by atoms with E-state index in [1.54, 1.807) is 0 Å². The van der Waals surface area contributed by atoms with Crippen LogP contribution in [0.1, 0.15) is 37.3 Å². The van der Waals surface area contributed by atoms with Gasteiger partial charge in [0.2, 0.25) is 17.7 Å². The van der Waals surface area contributed by atoms with Crippen molar-refractivity contribution in [3.63, 3.8) is 0 Å². The van der Waals surface area contributed by atoms with Crippen molar-refractivity contribution in [1.29, 1.82) is 0 Å². The first kappa shape index (κ1) is 17.5. The Hall–Kier alpha value is -2.37. The highest BCUT2D eigenvalue weighted by molar-refractivity contribution is 5.99. The molecular formula is C19H25N3O3. The van der Waals surface area contributed by atoms with Crippen LogP contribution in [0.3, 0.4) is 0 Å². The van der Waals surface area contributed by atoms with Gasteiger partial charge in [0.25, 0.3) is 0 Å². The van der Waals surface area contributed by atoms with Crippen LogP contribution in [0.2, 0.25) is 0 Å². The number of carbonyl (C=O) groups excluding carboxylic acids is 3. The third-order valence-corrected chi connectivity index (χ3v) is 4.88. The van der Waals surface area contributed by atoms with E-state index in [1.807, 2.05) is 28.0 Å². The van der Waals surface area contributed by atoms with Gasteiger partial charge in [-0.3, -0.25) is 14.4 Å². The molecule has 6 heteroatoms. The average Bonchev–Trinajstić information content (AvgIpc) is 2.99. The number of unbranched alkanes of at least 4 members (excludes halogenated alkanes) is 1. The van der Waals surface area contributed by atoms with E-state index in [-0.39, 0.29) is 17.7 Å². The fraction of sp³-hybridized carbons (Fsp3) is 0.526. The zero-order valence-electron chi connectivity index (χ0n) is 14.7. The van der Waals surface area contributed by atoms with Crippen molar-refractivity contribution in [2.75, 3.05) is 31.5 Å².